The summed E-state index contributed by atoms with van der Waals surface area (Å²) >= 11 is 0. The van der Waals surface area contributed by atoms with Gasteiger partial charge in [0, 0.05) is 105 Å². The lowest BCUT2D eigenvalue weighted by molar-refractivity contribution is -0.0153. The van der Waals surface area contributed by atoms with Crippen LogP contribution in [0.2, 0.25) is 0 Å². The van der Waals surface area contributed by atoms with Crippen LogP contribution in [0, 0.1) is 33.0 Å². The summed E-state index contributed by atoms with van der Waals surface area (Å²) in [6.07, 6.45) is 11.0. The summed E-state index contributed by atoms with van der Waals surface area (Å²) in [7, 11) is 8.29. The monoisotopic (exact) mass is 819 g/mol. The SMILES string of the molecule is CCC(CO)(CCOC)C(C)(C)C.CCC(CO)CCOC.CCCCC(CO)(CO)CCOC.COCCC(CO)(CO)CCC(C)(C)C.COCCCO. The molecule has 0 aromatic rings. The molecular formula is C44H98O12. The van der Waals surface area contributed by atoms with E-state index >= 15 is 0 Å². The Labute approximate surface area is 346 Å². The summed E-state index contributed by atoms with van der Waals surface area (Å²) in [6.45, 7) is 23.7. The third kappa shape index (κ3) is 35.5. The highest BCUT2D eigenvalue weighted by molar-refractivity contribution is 4.88. The quantitative estimate of drug-likeness (QED) is 0.0425. The minimum Gasteiger partial charge on any atom is -0.396 e. The van der Waals surface area contributed by atoms with Gasteiger partial charge in [0.2, 0.25) is 0 Å². The molecular weight excluding hydrogens is 720 g/mol. The molecule has 12 nitrogen and oxygen atoms in total. The van der Waals surface area contributed by atoms with Crippen molar-refractivity contribution < 1.29 is 59.4 Å². The first kappa shape index (κ1) is 64.7. The number of ether oxygens (including phenoxy) is 5. The van der Waals surface area contributed by atoms with Crippen LogP contribution in [0.3, 0.4) is 0 Å². The van der Waals surface area contributed by atoms with Crippen molar-refractivity contribution in [2.75, 3.05) is 115 Å². The number of hydrogen-bond acceptors (Lipinski definition) is 12. The van der Waals surface area contributed by atoms with Gasteiger partial charge in [0.05, 0.1) is 26.4 Å². The lowest BCUT2D eigenvalue weighted by atomic mass is 9.63. The molecule has 56 heavy (non-hydrogen) atoms. The highest BCUT2D eigenvalue weighted by Gasteiger charge is 2.39. The second kappa shape index (κ2) is 41.3. The Bertz CT molecular complexity index is 725. The van der Waals surface area contributed by atoms with Gasteiger partial charge in [-0.15, -0.1) is 0 Å². The molecule has 0 aromatic carbocycles. The van der Waals surface area contributed by atoms with E-state index in [2.05, 4.69) is 67.1 Å². The van der Waals surface area contributed by atoms with Gasteiger partial charge in [0.1, 0.15) is 0 Å². The van der Waals surface area contributed by atoms with Crippen molar-refractivity contribution in [3.63, 3.8) is 0 Å². The van der Waals surface area contributed by atoms with Gasteiger partial charge in [-0.2, -0.15) is 0 Å². The normalized spacial score (nSPS) is 13.4. The van der Waals surface area contributed by atoms with Crippen LogP contribution in [-0.4, -0.2) is 151 Å². The molecule has 12 heteroatoms. The molecule has 0 fully saturated rings. The van der Waals surface area contributed by atoms with Crippen LogP contribution in [0.15, 0.2) is 0 Å². The first-order chi connectivity index (χ1) is 26.3. The Hall–Kier alpha value is -0.480. The fourth-order valence-electron chi connectivity index (χ4n) is 5.54. The number of hydrogen-bond donors (Lipinski definition) is 7. The predicted octanol–water partition coefficient (Wildman–Crippen LogP) is 6.52. The summed E-state index contributed by atoms with van der Waals surface area (Å²) in [5.74, 6) is 0.435. The summed E-state index contributed by atoms with van der Waals surface area (Å²) in [6, 6.07) is 0. The van der Waals surface area contributed by atoms with Crippen LogP contribution < -0.4 is 0 Å². The van der Waals surface area contributed by atoms with Crippen LogP contribution in [0.5, 0.6) is 0 Å². The average molecular weight is 819 g/mol. The Morgan fingerprint density at radius 1 is 0.464 bits per heavy atom. The molecule has 0 radical (unpaired) electrons. The summed E-state index contributed by atoms with van der Waals surface area (Å²) < 4.78 is 24.5. The molecule has 0 bridgehead atoms. The molecule has 0 heterocycles. The molecule has 2 atom stereocenters. The van der Waals surface area contributed by atoms with E-state index in [1.807, 2.05) is 0 Å². The minimum absolute atomic E-state index is 0.00299. The van der Waals surface area contributed by atoms with Crippen LogP contribution in [0.4, 0.5) is 0 Å². The van der Waals surface area contributed by atoms with Gasteiger partial charge >= 0.3 is 0 Å². The molecule has 0 rings (SSSR count). The first-order valence-corrected chi connectivity index (χ1v) is 21.0. The molecule has 0 aliphatic heterocycles. The second-order valence-corrected chi connectivity index (χ2v) is 17.4. The maximum atomic E-state index is 9.48. The molecule has 0 aromatic heterocycles. The first-order valence-electron chi connectivity index (χ1n) is 21.0. The Morgan fingerprint density at radius 3 is 1.16 bits per heavy atom. The topological polar surface area (TPSA) is 188 Å². The van der Waals surface area contributed by atoms with Gasteiger partial charge in [0.15, 0.2) is 0 Å². The third-order valence-corrected chi connectivity index (χ3v) is 10.9. The van der Waals surface area contributed by atoms with E-state index in [0.29, 0.717) is 38.8 Å². The number of rotatable bonds is 28. The van der Waals surface area contributed by atoms with Crippen molar-refractivity contribution in [1.29, 1.82) is 0 Å². The van der Waals surface area contributed by atoms with Crippen LogP contribution >= 0.6 is 0 Å². The second-order valence-electron chi connectivity index (χ2n) is 17.4. The Morgan fingerprint density at radius 2 is 0.893 bits per heavy atom. The number of aliphatic hydroxyl groups excluding tert-OH is 7. The molecule has 0 amide bonds. The highest BCUT2D eigenvalue weighted by atomic mass is 16.5. The Balaban J connectivity index is -0.000000199. The zero-order valence-electron chi connectivity index (χ0n) is 39.2. The third-order valence-electron chi connectivity index (χ3n) is 10.9. The van der Waals surface area contributed by atoms with Crippen molar-refractivity contribution in [3.05, 3.63) is 0 Å². The smallest absolute Gasteiger partial charge is 0.0510 e. The molecule has 0 saturated heterocycles. The molecule has 0 aliphatic rings. The van der Waals surface area contributed by atoms with Crippen molar-refractivity contribution in [3.8, 4) is 0 Å². The fourth-order valence-corrected chi connectivity index (χ4v) is 5.54. The Kier molecular flexibility index (Phi) is 47.6. The van der Waals surface area contributed by atoms with Crippen LogP contribution in [0.25, 0.3) is 0 Å². The van der Waals surface area contributed by atoms with E-state index in [9.17, 15) is 25.5 Å². The summed E-state index contributed by atoms with van der Waals surface area (Å²) in [4.78, 5) is 0. The lowest BCUT2D eigenvalue weighted by Crippen LogP contribution is -2.39. The zero-order chi connectivity index (χ0) is 44.6. The van der Waals surface area contributed by atoms with E-state index in [0.717, 1.165) is 83.8 Å². The number of methoxy groups -OCH3 is 5. The van der Waals surface area contributed by atoms with Gasteiger partial charge in [-0.1, -0.05) is 81.6 Å². The van der Waals surface area contributed by atoms with Gasteiger partial charge < -0.3 is 59.4 Å². The van der Waals surface area contributed by atoms with Gasteiger partial charge in [-0.3, -0.25) is 0 Å². The van der Waals surface area contributed by atoms with Crippen molar-refractivity contribution in [2.45, 2.75) is 139 Å². The average Bonchev–Trinajstić information content (AvgIpc) is 3.19. The molecule has 2 unspecified atom stereocenters. The van der Waals surface area contributed by atoms with Crippen molar-refractivity contribution in [1.82, 2.24) is 0 Å². The zero-order valence-corrected chi connectivity index (χ0v) is 39.2. The maximum Gasteiger partial charge on any atom is 0.0510 e. The maximum absolute atomic E-state index is 9.48. The van der Waals surface area contributed by atoms with E-state index in [1.54, 1.807) is 35.5 Å². The lowest BCUT2D eigenvalue weighted by Gasteiger charge is -2.43. The largest absolute Gasteiger partial charge is 0.396 e. The number of aliphatic hydroxyl groups is 7. The minimum atomic E-state index is -0.372. The van der Waals surface area contributed by atoms with E-state index in [4.69, 9.17) is 29.2 Å². The summed E-state index contributed by atoms with van der Waals surface area (Å²) in [5.41, 5.74) is -0.323. The standard InChI is InChI=1S/C12H26O3.C11H24O2.C10H22O3.C7H16O2.C4H10O2/c1-11(2,3)5-6-12(9-13,10-14)7-8-15-4;1-6-11(9-12,7-8-13-5)10(2,3)4;1-3-4-5-10(8-11,9-12)6-7-13-2;1-3-7(6-8)4-5-9-2;1-6-4-2-3-5/h13-14H,5-10H2,1-4H3;12H,6-9H2,1-5H3;11-12H,3-9H2,1-2H3;7-8H,3-6H2,1-2H3;5H,2-4H2,1H3. The highest BCUT2D eigenvalue weighted by Crippen LogP contribution is 2.44. The van der Waals surface area contributed by atoms with Gasteiger partial charge in [-0.25, -0.2) is 0 Å². The fraction of sp³-hybridized carbons (Fsp3) is 1.00. The van der Waals surface area contributed by atoms with Crippen LogP contribution in [-0.2, 0) is 23.7 Å². The van der Waals surface area contributed by atoms with E-state index in [-0.39, 0.29) is 66.7 Å². The van der Waals surface area contributed by atoms with Crippen molar-refractivity contribution in [2.24, 2.45) is 33.0 Å². The van der Waals surface area contributed by atoms with E-state index in [1.165, 1.54) is 0 Å². The molecule has 7 N–H and O–H groups in total. The molecule has 0 spiro atoms. The molecule has 0 saturated carbocycles. The van der Waals surface area contributed by atoms with Crippen LogP contribution in [0.1, 0.15) is 139 Å². The number of unbranched alkanes of at least 4 members (excludes halogenated alkanes) is 1. The van der Waals surface area contributed by atoms with Gasteiger partial charge in [0.25, 0.3) is 0 Å². The molecule has 346 valence electrons. The summed E-state index contributed by atoms with van der Waals surface area (Å²) in [5, 5.41) is 63.5. The molecule has 0 aliphatic carbocycles. The van der Waals surface area contributed by atoms with Gasteiger partial charge in [-0.05, 0) is 74.5 Å². The van der Waals surface area contributed by atoms with Crippen molar-refractivity contribution >= 4 is 0 Å². The predicted molar refractivity (Wildman–Crippen MR) is 231 cm³/mol. The van der Waals surface area contributed by atoms with E-state index < -0.39 is 0 Å².